The Morgan fingerprint density at radius 2 is 1.33 bits per heavy atom. The molecule has 0 spiro atoms. The van der Waals surface area contributed by atoms with E-state index < -0.39 is 88.0 Å². The number of hydrogen-bond donors (Lipinski definition) is 5. The number of hydrogen-bond acceptors (Lipinski definition) is 13. The summed E-state index contributed by atoms with van der Waals surface area (Å²) in [6, 6.07) is 10.7. The Balaban J connectivity index is 1.44. The van der Waals surface area contributed by atoms with Gasteiger partial charge in [-0.2, -0.15) is 11.8 Å². The largest absolute Gasteiger partial charge is 0.460 e. The van der Waals surface area contributed by atoms with E-state index >= 15 is 4.39 Å². The molecule has 4 rings (SSSR count). The molecule has 0 fully saturated rings. The van der Waals surface area contributed by atoms with Crippen molar-refractivity contribution in [3.05, 3.63) is 95.8 Å². The van der Waals surface area contributed by atoms with Crippen molar-refractivity contribution in [3.8, 4) is 11.1 Å². The van der Waals surface area contributed by atoms with Gasteiger partial charge in [-0.05, 0) is 115 Å². The van der Waals surface area contributed by atoms with Gasteiger partial charge in [-0.1, -0.05) is 71.4 Å². The van der Waals surface area contributed by atoms with Gasteiger partial charge in [0.1, 0.15) is 41.0 Å². The molecule has 87 heavy (non-hydrogen) atoms. The SMILES string of the molecule is CC(NC(=O)C(NC(=O)CCCCCN1C(=O)C=CC1=O)C(C)C)C(=O)NCCCN(C(=O)CSCCC(=O)NCCC(=O)NC(CCC(=O)OC(C)(C)C)C(=O)OC(C)(C)C)C(c1cc(-c2cc(F)ccc2F)cn1Cc1ccccc1)C(C)(C)C. The maximum absolute atomic E-state index is 15.5. The van der Waals surface area contributed by atoms with Gasteiger partial charge in [-0.3, -0.25) is 48.1 Å². The van der Waals surface area contributed by atoms with E-state index in [0.717, 1.165) is 28.7 Å². The number of esters is 2. The Morgan fingerprint density at radius 3 is 1.97 bits per heavy atom. The fourth-order valence-electron chi connectivity index (χ4n) is 9.51. The molecule has 8 amide bonds. The lowest BCUT2D eigenvalue weighted by Gasteiger charge is -2.41. The average Bonchev–Trinajstić information content (AvgIpc) is 1.79. The minimum absolute atomic E-state index is 0.0146. The molecule has 20 nitrogen and oxygen atoms in total. The minimum atomic E-state index is -1.14. The molecule has 3 aromatic rings. The maximum Gasteiger partial charge on any atom is 0.329 e. The lowest BCUT2D eigenvalue weighted by Crippen LogP contribution is -2.54. The zero-order chi connectivity index (χ0) is 64.8. The van der Waals surface area contributed by atoms with Crippen LogP contribution in [0.5, 0.6) is 0 Å². The van der Waals surface area contributed by atoms with E-state index in [0.29, 0.717) is 37.1 Å². The Bertz CT molecular complexity index is 2890. The molecular formula is C64H90F2N8O12S. The summed E-state index contributed by atoms with van der Waals surface area (Å²) in [5, 5.41) is 13.7. The minimum Gasteiger partial charge on any atom is -0.460 e. The van der Waals surface area contributed by atoms with E-state index in [1.54, 1.807) is 72.6 Å². The van der Waals surface area contributed by atoms with Crippen molar-refractivity contribution < 1.29 is 66.2 Å². The van der Waals surface area contributed by atoms with Crippen LogP contribution in [0.3, 0.4) is 0 Å². The number of rotatable bonds is 33. The van der Waals surface area contributed by atoms with Gasteiger partial charge in [0.05, 0.1) is 11.8 Å². The zero-order valence-corrected chi connectivity index (χ0v) is 53.3. The summed E-state index contributed by atoms with van der Waals surface area (Å²) in [6.07, 6.45) is 5.66. The van der Waals surface area contributed by atoms with Crippen LogP contribution < -0.4 is 26.6 Å². The summed E-state index contributed by atoms with van der Waals surface area (Å²) in [6.45, 7) is 21.8. The molecule has 5 N–H and O–H groups in total. The summed E-state index contributed by atoms with van der Waals surface area (Å²) < 4.78 is 43.0. The van der Waals surface area contributed by atoms with E-state index in [1.165, 1.54) is 30.8 Å². The van der Waals surface area contributed by atoms with Gasteiger partial charge in [0.2, 0.25) is 35.4 Å². The lowest BCUT2D eigenvalue weighted by atomic mass is 9.83. The van der Waals surface area contributed by atoms with Crippen LogP contribution in [0.25, 0.3) is 11.1 Å². The van der Waals surface area contributed by atoms with Crippen molar-refractivity contribution in [1.29, 1.82) is 0 Å². The summed E-state index contributed by atoms with van der Waals surface area (Å²) in [7, 11) is 0. The van der Waals surface area contributed by atoms with Gasteiger partial charge in [-0.25, -0.2) is 13.6 Å². The van der Waals surface area contributed by atoms with Crippen LogP contribution in [0.1, 0.15) is 158 Å². The van der Waals surface area contributed by atoms with Crippen LogP contribution in [-0.2, 0) is 64.0 Å². The molecule has 2 heterocycles. The first-order valence-corrected chi connectivity index (χ1v) is 30.9. The molecule has 2 aromatic carbocycles. The zero-order valence-electron chi connectivity index (χ0n) is 52.5. The highest BCUT2D eigenvalue weighted by Gasteiger charge is 2.38. The van der Waals surface area contributed by atoms with Crippen LogP contribution in [0.2, 0.25) is 0 Å². The number of aromatic nitrogens is 1. The third-order valence-electron chi connectivity index (χ3n) is 13.6. The standard InChI is InChI=1S/C64H90F2N8O12S/c1-41(2)57(71-51(76)22-17-14-18-33-73-53(78)26-27-54(73)79)60(83)69-42(3)59(82)68-31-19-34-74(58(62(4,5)6)49-36-44(46-37-45(65)23-24-47(46)66)39-72(49)38-43-20-15-13-16-21-43)55(80)40-87-35-30-50(75)67-32-29-52(77)70-48(61(84)86-64(10,11)12)25-28-56(81)85-63(7,8)9/h13,15-16,20-21,23-24,26-27,36-37,39,41-42,48,57-58H,14,17-19,22,25,28-35,38,40H2,1-12H3,(H,67,75)(H,68,82)(H,69,83)(H,70,77)(H,71,76). The van der Waals surface area contributed by atoms with Crippen molar-refractivity contribution in [2.24, 2.45) is 11.3 Å². The highest BCUT2D eigenvalue weighted by molar-refractivity contribution is 7.99. The second-order valence-corrected chi connectivity index (χ2v) is 26.2. The lowest BCUT2D eigenvalue weighted by molar-refractivity contribution is -0.160. The fraction of sp³-hybridized carbons (Fsp3) is 0.562. The van der Waals surface area contributed by atoms with Gasteiger partial charge in [-0.15, -0.1) is 0 Å². The molecule has 478 valence electrons. The normalized spacial score (nSPS) is 14.0. The summed E-state index contributed by atoms with van der Waals surface area (Å²) >= 11 is 1.21. The predicted octanol–water partition coefficient (Wildman–Crippen LogP) is 7.61. The monoisotopic (exact) mass is 1230 g/mol. The molecule has 0 aliphatic carbocycles. The predicted molar refractivity (Wildman–Crippen MR) is 328 cm³/mol. The van der Waals surface area contributed by atoms with Crippen LogP contribution in [-0.4, -0.2) is 141 Å². The van der Waals surface area contributed by atoms with Crippen molar-refractivity contribution in [2.45, 2.75) is 183 Å². The number of ether oxygens (including phenoxy) is 2. The number of amides is 8. The molecule has 0 bridgehead atoms. The van der Waals surface area contributed by atoms with Gasteiger partial charge < -0.3 is 45.5 Å². The van der Waals surface area contributed by atoms with Gasteiger partial charge >= 0.3 is 11.9 Å². The summed E-state index contributed by atoms with van der Waals surface area (Å²) in [5.74, 6) is -6.16. The summed E-state index contributed by atoms with van der Waals surface area (Å²) in [4.78, 5) is 133. The smallest absolute Gasteiger partial charge is 0.329 e. The van der Waals surface area contributed by atoms with Crippen LogP contribution in [0.4, 0.5) is 8.78 Å². The highest BCUT2D eigenvalue weighted by atomic mass is 32.2. The third kappa shape index (κ3) is 25.1. The Hall–Kier alpha value is -7.43. The maximum atomic E-state index is 15.5. The van der Waals surface area contributed by atoms with Crippen LogP contribution in [0.15, 0.2) is 72.9 Å². The van der Waals surface area contributed by atoms with Crippen molar-refractivity contribution in [2.75, 3.05) is 37.7 Å². The Labute approximate surface area is 514 Å². The molecule has 4 unspecified atom stereocenters. The molecule has 1 aliphatic rings. The molecule has 23 heteroatoms. The fourth-order valence-corrected chi connectivity index (χ4v) is 10.3. The number of carbonyl (C=O) groups is 10. The van der Waals surface area contributed by atoms with E-state index in [2.05, 4.69) is 26.6 Å². The first-order valence-electron chi connectivity index (χ1n) is 29.7. The van der Waals surface area contributed by atoms with Gasteiger partial charge in [0.25, 0.3) is 11.8 Å². The first-order chi connectivity index (χ1) is 40.7. The Morgan fingerprint density at radius 1 is 0.678 bits per heavy atom. The number of benzene rings is 2. The number of nitrogens with zero attached hydrogens (tertiary/aromatic N) is 3. The molecular weight excluding hydrogens is 1140 g/mol. The number of nitrogens with one attached hydrogen (secondary N) is 5. The van der Waals surface area contributed by atoms with Crippen molar-refractivity contribution >= 4 is 71.0 Å². The van der Waals surface area contributed by atoms with E-state index in [1.807, 2.05) is 55.7 Å². The van der Waals surface area contributed by atoms with Crippen molar-refractivity contribution in [1.82, 2.24) is 41.0 Å². The second-order valence-electron chi connectivity index (χ2n) is 25.1. The molecule has 1 aromatic heterocycles. The topological polar surface area (TPSA) is 261 Å². The third-order valence-corrected chi connectivity index (χ3v) is 14.6. The molecule has 0 saturated carbocycles. The highest BCUT2D eigenvalue weighted by Crippen LogP contribution is 2.41. The molecule has 4 atom stereocenters. The first kappa shape index (κ1) is 72.0. The molecule has 0 radical (unpaired) electrons. The number of unbranched alkanes of at least 4 members (excludes halogenated alkanes) is 2. The molecule has 1 aliphatic heterocycles. The van der Waals surface area contributed by atoms with E-state index in [9.17, 15) is 52.3 Å². The molecule has 0 saturated heterocycles. The Kier molecular flexibility index (Phi) is 27.8. The average molecular weight is 1230 g/mol. The summed E-state index contributed by atoms with van der Waals surface area (Å²) in [5.41, 5.74) is -0.338. The number of carbonyl (C=O) groups excluding carboxylic acids is 10. The van der Waals surface area contributed by atoms with Crippen LogP contribution in [0, 0.1) is 23.0 Å². The number of imide groups is 1. The van der Waals surface area contributed by atoms with Gasteiger partial charge in [0, 0.05) is 99.3 Å². The number of halogens is 2. The van der Waals surface area contributed by atoms with Crippen LogP contribution >= 0.6 is 11.8 Å². The van der Waals surface area contributed by atoms with E-state index in [4.69, 9.17) is 9.47 Å². The van der Waals surface area contributed by atoms with Gasteiger partial charge in [0.15, 0.2) is 0 Å². The quantitative estimate of drug-likeness (QED) is 0.0224. The number of thioether (sulfide) groups is 1. The second kappa shape index (κ2) is 33.6. The van der Waals surface area contributed by atoms with Crippen molar-refractivity contribution in [3.63, 3.8) is 0 Å². The van der Waals surface area contributed by atoms with E-state index in [-0.39, 0.29) is 111 Å².